The van der Waals surface area contributed by atoms with Crippen molar-refractivity contribution in [2.24, 2.45) is 0 Å². The van der Waals surface area contributed by atoms with Gasteiger partial charge in [0.15, 0.2) is 17.4 Å². The van der Waals surface area contributed by atoms with Gasteiger partial charge in [-0.1, -0.05) is 12.1 Å². The minimum Gasteiger partial charge on any atom is -0.393 e. The molecule has 0 aliphatic carbocycles. The van der Waals surface area contributed by atoms with Gasteiger partial charge in [-0.15, -0.1) is 0 Å². The van der Waals surface area contributed by atoms with Crippen molar-refractivity contribution in [2.45, 2.75) is 39.2 Å². The van der Waals surface area contributed by atoms with Gasteiger partial charge in [-0.2, -0.15) is 0 Å². The highest BCUT2D eigenvalue weighted by molar-refractivity contribution is 5.95. The standard InChI is InChI=1S/C18H23N5O/c1-12-6-3-4-9-23(12)18-16(19)17(20-11-21-18)22-15-8-5-7-14(10-15)13(2)24/h5,7-8,10-12H,3-4,6,9,19H2,1-2H3,(H,20,21,22). The lowest BCUT2D eigenvalue weighted by atomic mass is 10.0. The second kappa shape index (κ2) is 6.86. The number of hydrogen-bond donors (Lipinski definition) is 2. The Morgan fingerprint density at radius 2 is 2.17 bits per heavy atom. The number of ketones is 1. The first-order valence-electron chi connectivity index (χ1n) is 8.31. The third kappa shape index (κ3) is 3.32. The number of hydrogen-bond acceptors (Lipinski definition) is 6. The van der Waals surface area contributed by atoms with Crippen LogP contribution in [0.25, 0.3) is 0 Å². The van der Waals surface area contributed by atoms with E-state index in [1.807, 2.05) is 12.1 Å². The summed E-state index contributed by atoms with van der Waals surface area (Å²) in [6, 6.07) is 7.73. The Hall–Kier alpha value is -2.63. The van der Waals surface area contributed by atoms with E-state index in [1.165, 1.54) is 12.7 Å². The quantitative estimate of drug-likeness (QED) is 0.838. The van der Waals surface area contributed by atoms with E-state index in [2.05, 4.69) is 27.1 Å². The SMILES string of the molecule is CC(=O)c1cccc(Nc2ncnc(N3CCCCC3C)c2N)c1. The molecule has 3 N–H and O–H groups in total. The normalized spacial score (nSPS) is 17.6. The Bertz CT molecular complexity index is 746. The van der Waals surface area contributed by atoms with Crippen molar-refractivity contribution < 1.29 is 4.79 Å². The zero-order chi connectivity index (χ0) is 17.1. The predicted molar refractivity (Wildman–Crippen MR) is 96.8 cm³/mol. The molecule has 0 radical (unpaired) electrons. The van der Waals surface area contributed by atoms with Crippen LogP contribution in [-0.2, 0) is 0 Å². The Labute approximate surface area is 142 Å². The fourth-order valence-corrected chi connectivity index (χ4v) is 3.08. The highest BCUT2D eigenvalue weighted by Gasteiger charge is 2.23. The average Bonchev–Trinajstić information content (AvgIpc) is 2.58. The van der Waals surface area contributed by atoms with Crippen LogP contribution in [0.3, 0.4) is 0 Å². The van der Waals surface area contributed by atoms with Crippen LogP contribution in [0.15, 0.2) is 30.6 Å². The Morgan fingerprint density at radius 3 is 2.92 bits per heavy atom. The maximum absolute atomic E-state index is 11.5. The highest BCUT2D eigenvalue weighted by atomic mass is 16.1. The molecular weight excluding hydrogens is 302 g/mol. The van der Waals surface area contributed by atoms with E-state index in [9.17, 15) is 4.79 Å². The molecule has 0 spiro atoms. The first kappa shape index (κ1) is 16.2. The minimum atomic E-state index is 0.0251. The number of benzene rings is 1. The molecule has 1 unspecified atom stereocenters. The molecule has 1 fully saturated rings. The van der Waals surface area contributed by atoms with E-state index < -0.39 is 0 Å². The van der Waals surface area contributed by atoms with Gasteiger partial charge in [0.05, 0.1) is 0 Å². The van der Waals surface area contributed by atoms with E-state index in [-0.39, 0.29) is 5.78 Å². The lowest BCUT2D eigenvalue weighted by Gasteiger charge is -2.35. The van der Waals surface area contributed by atoms with Gasteiger partial charge in [-0.25, -0.2) is 9.97 Å². The number of anilines is 4. The molecule has 6 nitrogen and oxygen atoms in total. The van der Waals surface area contributed by atoms with Crippen LogP contribution < -0.4 is 16.0 Å². The van der Waals surface area contributed by atoms with E-state index in [0.717, 1.165) is 30.9 Å². The third-order valence-electron chi connectivity index (χ3n) is 4.47. The highest BCUT2D eigenvalue weighted by Crippen LogP contribution is 2.32. The second-order valence-corrected chi connectivity index (χ2v) is 6.26. The van der Waals surface area contributed by atoms with Gasteiger partial charge in [0, 0.05) is 23.8 Å². The summed E-state index contributed by atoms with van der Waals surface area (Å²) in [7, 11) is 0. The van der Waals surface area contributed by atoms with Crippen LogP contribution in [0.1, 0.15) is 43.5 Å². The molecule has 2 aromatic rings. The number of nitrogens with one attached hydrogen (secondary N) is 1. The first-order valence-corrected chi connectivity index (χ1v) is 8.31. The van der Waals surface area contributed by atoms with Gasteiger partial charge in [0.2, 0.25) is 0 Å². The number of nitrogens with two attached hydrogens (primary N) is 1. The molecule has 1 aromatic heterocycles. The van der Waals surface area contributed by atoms with Crippen molar-refractivity contribution >= 4 is 28.8 Å². The molecule has 0 amide bonds. The molecule has 24 heavy (non-hydrogen) atoms. The zero-order valence-corrected chi connectivity index (χ0v) is 14.1. The van der Waals surface area contributed by atoms with Crippen molar-refractivity contribution in [3.05, 3.63) is 36.2 Å². The molecule has 1 aliphatic rings. The van der Waals surface area contributed by atoms with Gasteiger partial charge in [0.1, 0.15) is 12.0 Å². The number of rotatable bonds is 4. The fraction of sp³-hybridized carbons (Fsp3) is 0.389. The van der Waals surface area contributed by atoms with E-state index in [0.29, 0.717) is 23.1 Å². The Morgan fingerprint density at radius 1 is 1.33 bits per heavy atom. The molecule has 0 saturated carbocycles. The summed E-state index contributed by atoms with van der Waals surface area (Å²) >= 11 is 0. The lowest BCUT2D eigenvalue weighted by molar-refractivity contribution is 0.101. The van der Waals surface area contributed by atoms with Gasteiger partial charge >= 0.3 is 0 Å². The monoisotopic (exact) mass is 325 g/mol. The lowest BCUT2D eigenvalue weighted by Crippen LogP contribution is -2.38. The molecule has 1 aliphatic heterocycles. The summed E-state index contributed by atoms with van der Waals surface area (Å²) in [5.74, 6) is 1.37. The van der Waals surface area contributed by atoms with Crippen LogP contribution in [0, 0.1) is 0 Å². The fourth-order valence-electron chi connectivity index (χ4n) is 3.08. The predicted octanol–water partition coefficient (Wildman–Crippen LogP) is 3.38. The average molecular weight is 325 g/mol. The van der Waals surface area contributed by atoms with E-state index in [4.69, 9.17) is 5.73 Å². The topological polar surface area (TPSA) is 84.1 Å². The Balaban J connectivity index is 1.88. The molecule has 2 heterocycles. The van der Waals surface area contributed by atoms with E-state index in [1.54, 1.807) is 19.1 Å². The second-order valence-electron chi connectivity index (χ2n) is 6.26. The van der Waals surface area contributed by atoms with Crippen molar-refractivity contribution in [2.75, 3.05) is 22.5 Å². The summed E-state index contributed by atoms with van der Waals surface area (Å²) in [5.41, 5.74) is 8.30. The molecule has 1 atom stereocenters. The molecule has 0 bridgehead atoms. The first-order chi connectivity index (χ1) is 11.6. The zero-order valence-electron chi connectivity index (χ0n) is 14.1. The number of nitrogens with zero attached hydrogens (tertiary/aromatic N) is 3. The van der Waals surface area contributed by atoms with E-state index >= 15 is 0 Å². The van der Waals surface area contributed by atoms with Crippen LogP contribution in [-0.4, -0.2) is 28.3 Å². The Kier molecular flexibility index (Phi) is 4.64. The summed E-state index contributed by atoms with van der Waals surface area (Å²) in [6.45, 7) is 4.71. The summed E-state index contributed by atoms with van der Waals surface area (Å²) in [5, 5.41) is 3.21. The van der Waals surface area contributed by atoms with Crippen LogP contribution in [0.2, 0.25) is 0 Å². The summed E-state index contributed by atoms with van der Waals surface area (Å²) < 4.78 is 0. The number of aromatic nitrogens is 2. The van der Waals surface area contributed by atoms with Crippen LogP contribution in [0.4, 0.5) is 23.0 Å². The van der Waals surface area contributed by atoms with Crippen molar-refractivity contribution in [3.8, 4) is 0 Å². The van der Waals surface area contributed by atoms with Gasteiger partial charge < -0.3 is 16.0 Å². The van der Waals surface area contributed by atoms with Gasteiger partial charge in [-0.05, 0) is 45.2 Å². The molecule has 3 rings (SSSR count). The smallest absolute Gasteiger partial charge is 0.159 e. The maximum Gasteiger partial charge on any atom is 0.159 e. The maximum atomic E-state index is 11.5. The number of Topliss-reactive ketones (excluding diaryl/α,β-unsaturated/α-hetero) is 1. The number of carbonyl (C=O) groups excluding carboxylic acids is 1. The minimum absolute atomic E-state index is 0.0251. The van der Waals surface area contributed by atoms with Gasteiger partial charge in [0.25, 0.3) is 0 Å². The van der Waals surface area contributed by atoms with Crippen molar-refractivity contribution in [3.63, 3.8) is 0 Å². The van der Waals surface area contributed by atoms with Crippen molar-refractivity contribution in [1.29, 1.82) is 0 Å². The van der Waals surface area contributed by atoms with Crippen LogP contribution >= 0.6 is 0 Å². The summed E-state index contributed by atoms with van der Waals surface area (Å²) in [6.07, 6.45) is 5.07. The van der Waals surface area contributed by atoms with Crippen LogP contribution in [0.5, 0.6) is 0 Å². The molecule has 1 saturated heterocycles. The van der Waals surface area contributed by atoms with Crippen molar-refractivity contribution in [1.82, 2.24) is 9.97 Å². The van der Waals surface area contributed by atoms with Gasteiger partial charge in [-0.3, -0.25) is 4.79 Å². The molecule has 126 valence electrons. The summed E-state index contributed by atoms with van der Waals surface area (Å²) in [4.78, 5) is 22.4. The largest absolute Gasteiger partial charge is 0.393 e. The molecular formula is C18H23N5O. The molecule has 1 aromatic carbocycles. The molecule has 6 heteroatoms. The number of carbonyl (C=O) groups is 1. The third-order valence-corrected chi connectivity index (χ3v) is 4.47. The number of piperidine rings is 1. The number of nitrogen functional groups attached to an aromatic ring is 1.